The van der Waals surface area contributed by atoms with Gasteiger partial charge in [0.2, 0.25) is 11.8 Å². The van der Waals surface area contributed by atoms with Gasteiger partial charge >= 0.3 is 0 Å². The maximum atomic E-state index is 12.8. The van der Waals surface area contributed by atoms with Gasteiger partial charge in [-0.3, -0.25) is 24.0 Å². The molecular formula is C22H25N3O5S. The van der Waals surface area contributed by atoms with Crippen molar-refractivity contribution in [3.63, 3.8) is 0 Å². The summed E-state index contributed by atoms with van der Waals surface area (Å²) in [5.41, 5.74) is 2.14. The average molecular weight is 444 g/mol. The molecule has 1 saturated heterocycles. The van der Waals surface area contributed by atoms with Gasteiger partial charge in [-0.2, -0.15) is 0 Å². The Hall–Kier alpha value is -3.20. The Morgan fingerprint density at radius 2 is 1.68 bits per heavy atom. The van der Waals surface area contributed by atoms with Crippen molar-refractivity contribution in [2.75, 3.05) is 17.8 Å². The van der Waals surface area contributed by atoms with Gasteiger partial charge in [0.15, 0.2) is 0 Å². The van der Waals surface area contributed by atoms with Crippen molar-refractivity contribution in [2.24, 2.45) is 0 Å². The van der Waals surface area contributed by atoms with Crippen molar-refractivity contribution in [3.05, 3.63) is 59.2 Å². The molecule has 0 saturated carbocycles. The van der Waals surface area contributed by atoms with Gasteiger partial charge in [0.1, 0.15) is 0 Å². The summed E-state index contributed by atoms with van der Waals surface area (Å²) >= 11 is 0. The molecule has 0 spiro atoms. The predicted octanol–water partition coefficient (Wildman–Crippen LogP) is 2.37. The highest BCUT2D eigenvalue weighted by Gasteiger charge is 2.28. The van der Waals surface area contributed by atoms with Crippen molar-refractivity contribution in [1.82, 2.24) is 10.2 Å². The maximum Gasteiger partial charge on any atom is 0.261 e. The van der Waals surface area contributed by atoms with Crippen molar-refractivity contribution in [3.8, 4) is 0 Å². The van der Waals surface area contributed by atoms with Crippen LogP contribution in [0.5, 0.6) is 0 Å². The number of rotatable bonds is 8. The molecule has 0 bridgehead atoms. The number of carbonyl (C=O) groups is 3. The van der Waals surface area contributed by atoms with Gasteiger partial charge in [-0.25, -0.2) is 8.42 Å². The van der Waals surface area contributed by atoms with Gasteiger partial charge in [-0.05, 0) is 49.6 Å². The van der Waals surface area contributed by atoms with E-state index in [1.54, 1.807) is 38.1 Å². The van der Waals surface area contributed by atoms with Crippen LogP contribution in [0.1, 0.15) is 40.7 Å². The lowest BCUT2D eigenvalue weighted by Gasteiger charge is -2.15. The van der Waals surface area contributed by atoms with Gasteiger partial charge in [0, 0.05) is 31.5 Å². The van der Waals surface area contributed by atoms with Crippen molar-refractivity contribution in [2.45, 2.75) is 38.0 Å². The third-order valence-electron chi connectivity index (χ3n) is 5.15. The third kappa shape index (κ3) is 5.29. The number of benzene rings is 2. The van der Waals surface area contributed by atoms with Crippen LogP contribution in [0.25, 0.3) is 0 Å². The van der Waals surface area contributed by atoms with Crippen LogP contribution >= 0.6 is 0 Å². The van der Waals surface area contributed by atoms with Crippen LogP contribution in [0.4, 0.5) is 5.69 Å². The van der Waals surface area contributed by atoms with Crippen molar-refractivity contribution in [1.29, 1.82) is 0 Å². The molecule has 2 aromatic carbocycles. The van der Waals surface area contributed by atoms with Gasteiger partial charge in [0.25, 0.3) is 15.9 Å². The molecule has 1 aliphatic rings. The van der Waals surface area contributed by atoms with Crippen LogP contribution in [0.3, 0.4) is 0 Å². The summed E-state index contributed by atoms with van der Waals surface area (Å²) in [6.07, 6.45) is 0.902. The Bertz CT molecular complexity index is 1110. The van der Waals surface area contributed by atoms with Gasteiger partial charge in [-0.1, -0.05) is 24.3 Å². The molecule has 1 fully saturated rings. The SMILES string of the molecule is Cc1ccccc1NS(=O)(=O)c1ccc(C)c(C(=O)NCCCN2C(=O)CCC2=O)c1. The molecule has 0 unspecified atom stereocenters. The summed E-state index contributed by atoms with van der Waals surface area (Å²) in [7, 11) is -3.87. The lowest BCUT2D eigenvalue weighted by atomic mass is 10.1. The Morgan fingerprint density at radius 3 is 2.35 bits per heavy atom. The average Bonchev–Trinajstić information content (AvgIpc) is 3.04. The second kappa shape index (κ2) is 9.30. The molecule has 0 aromatic heterocycles. The fourth-order valence-electron chi connectivity index (χ4n) is 3.31. The van der Waals surface area contributed by atoms with E-state index in [0.717, 1.165) is 5.56 Å². The van der Waals surface area contributed by atoms with Crippen LogP contribution in [-0.2, 0) is 19.6 Å². The monoisotopic (exact) mass is 443 g/mol. The standard InChI is InChI=1S/C22H25N3O5S/c1-15-8-9-17(31(29,30)24-19-7-4-3-6-16(19)2)14-18(15)22(28)23-12-5-13-25-20(26)10-11-21(25)27/h3-4,6-9,14,24H,5,10-13H2,1-2H3,(H,23,28). The van der Waals surface area contributed by atoms with Crippen LogP contribution in [0, 0.1) is 13.8 Å². The highest BCUT2D eigenvalue weighted by Crippen LogP contribution is 2.21. The zero-order valence-electron chi connectivity index (χ0n) is 17.5. The molecule has 1 heterocycles. The number of amides is 3. The first-order chi connectivity index (χ1) is 14.7. The number of aryl methyl sites for hydroxylation is 2. The van der Waals surface area contributed by atoms with E-state index in [1.807, 2.05) is 6.07 Å². The Morgan fingerprint density at radius 1 is 1.00 bits per heavy atom. The number of hydrogen-bond donors (Lipinski definition) is 2. The summed E-state index contributed by atoms with van der Waals surface area (Å²) in [6.45, 7) is 4.04. The largest absolute Gasteiger partial charge is 0.352 e. The van der Waals surface area contributed by atoms with E-state index in [1.165, 1.54) is 17.0 Å². The number of hydrogen-bond acceptors (Lipinski definition) is 5. The first kappa shape index (κ1) is 22.5. The van der Waals surface area contributed by atoms with Crippen LogP contribution in [-0.4, -0.2) is 44.1 Å². The number of sulfonamides is 1. The molecule has 2 N–H and O–H groups in total. The van der Waals surface area contributed by atoms with Crippen LogP contribution in [0.15, 0.2) is 47.4 Å². The summed E-state index contributed by atoms with van der Waals surface area (Å²) in [5.74, 6) is -0.790. The summed E-state index contributed by atoms with van der Waals surface area (Å²) < 4.78 is 28.1. The smallest absolute Gasteiger partial charge is 0.261 e. The van der Waals surface area contributed by atoms with E-state index >= 15 is 0 Å². The number of para-hydroxylation sites is 1. The molecule has 9 heteroatoms. The molecule has 3 amide bonds. The van der Waals surface area contributed by atoms with Gasteiger partial charge in [0.05, 0.1) is 10.6 Å². The lowest BCUT2D eigenvalue weighted by Crippen LogP contribution is -2.33. The number of nitrogens with zero attached hydrogens (tertiary/aromatic N) is 1. The fourth-order valence-corrected chi connectivity index (χ4v) is 4.47. The molecule has 0 aliphatic carbocycles. The number of carbonyl (C=O) groups excluding carboxylic acids is 3. The minimum absolute atomic E-state index is 0.0141. The van der Waals surface area contributed by atoms with E-state index in [2.05, 4.69) is 10.0 Å². The zero-order valence-corrected chi connectivity index (χ0v) is 18.3. The highest BCUT2D eigenvalue weighted by molar-refractivity contribution is 7.92. The molecule has 0 radical (unpaired) electrons. The second-order valence-electron chi connectivity index (χ2n) is 7.45. The molecule has 2 aromatic rings. The quantitative estimate of drug-likeness (QED) is 0.480. The zero-order chi connectivity index (χ0) is 22.6. The Labute approximate surface area is 181 Å². The molecule has 1 aliphatic heterocycles. The normalized spacial score (nSPS) is 14.1. The van der Waals surface area contributed by atoms with Crippen LogP contribution < -0.4 is 10.0 Å². The van der Waals surface area contributed by atoms with E-state index in [4.69, 9.17) is 0 Å². The van der Waals surface area contributed by atoms with Gasteiger partial charge < -0.3 is 5.32 Å². The fraction of sp³-hybridized carbons (Fsp3) is 0.318. The van der Waals surface area contributed by atoms with E-state index in [-0.39, 0.29) is 48.2 Å². The molecule has 8 nitrogen and oxygen atoms in total. The van der Waals surface area contributed by atoms with Gasteiger partial charge in [-0.15, -0.1) is 0 Å². The number of anilines is 1. The minimum atomic E-state index is -3.87. The number of imide groups is 1. The third-order valence-corrected chi connectivity index (χ3v) is 6.52. The molecule has 0 atom stereocenters. The maximum absolute atomic E-state index is 12.8. The molecular weight excluding hydrogens is 418 g/mol. The topological polar surface area (TPSA) is 113 Å². The van der Waals surface area contributed by atoms with E-state index in [0.29, 0.717) is 17.7 Å². The number of nitrogens with one attached hydrogen (secondary N) is 2. The second-order valence-corrected chi connectivity index (χ2v) is 9.13. The highest BCUT2D eigenvalue weighted by atomic mass is 32.2. The molecule has 3 rings (SSSR count). The Balaban J connectivity index is 1.66. The first-order valence-electron chi connectivity index (χ1n) is 9.99. The minimum Gasteiger partial charge on any atom is -0.352 e. The van der Waals surface area contributed by atoms with E-state index < -0.39 is 15.9 Å². The van der Waals surface area contributed by atoms with E-state index in [9.17, 15) is 22.8 Å². The summed E-state index contributed by atoms with van der Waals surface area (Å²) in [6, 6.07) is 11.4. The first-order valence-corrected chi connectivity index (χ1v) is 11.5. The predicted molar refractivity (Wildman–Crippen MR) is 116 cm³/mol. The summed E-state index contributed by atoms with van der Waals surface area (Å²) in [5, 5.41) is 2.73. The van der Waals surface area contributed by atoms with Crippen molar-refractivity contribution < 1.29 is 22.8 Å². The summed E-state index contributed by atoms with van der Waals surface area (Å²) in [4.78, 5) is 37.0. The number of likely N-dealkylation sites (tertiary alicyclic amines) is 1. The van der Waals surface area contributed by atoms with Crippen molar-refractivity contribution >= 4 is 33.4 Å². The Kier molecular flexibility index (Phi) is 6.74. The lowest BCUT2D eigenvalue weighted by molar-refractivity contribution is -0.138. The van der Waals surface area contributed by atoms with Crippen LogP contribution in [0.2, 0.25) is 0 Å². The molecule has 164 valence electrons. The molecule has 31 heavy (non-hydrogen) atoms.